The fraction of sp³-hybridized carbons (Fsp3) is 0.308. The molecule has 1 unspecified atom stereocenters. The van der Waals surface area contributed by atoms with Crippen LogP contribution in [0.25, 0.3) is 11.3 Å². The Morgan fingerprint density at radius 3 is 3.06 bits per heavy atom. The standard InChI is InChI=1S/C13H12F2N2/c14-6-2-5-11-9-3-1-4-10(15)13(9)12-7-16-8-17(11)12/h1,3-4,7-8,11H,2,5-6H2. The number of benzene rings is 1. The maximum Gasteiger partial charge on any atom is 0.132 e. The predicted molar refractivity (Wildman–Crippen MR) is 61.0 cm³/mol. The van der Waals surface area contributed by atoms with Crippen molar-refractivity contribution in [3.63, 3.8) is 0 Å². The molecule has 0 bridgehead atoms. The van der Waals surface area contributed by atoms with Gasteiger partial charge in [-0.05, 0) is 24.5 Å². The molecule has 0 aliphatic carbocycles. The summed E-state index contributed by atoms with van der Waals surface area (Å²) in [5, 5.41) is 0. The monoisotopic (exact) mass is 234 g/mol. The topological polar surface area (TPSA) is 17.8 Å². The molecule has 88 valence electrons. The molecule has 2 aromatic rings. The maximum atomic E-state index is 13.8. The van der Waals surface area contributed by atoms with E-state index in [9.17, 15) is 8.78 Å². The molecule has 4 heteroatoms. The fourth-order valence-electron chi connectivity index (χ4n) is 2.55. The smallest absolute Gasteiger partial charge is 0.132 e. The van der Waals surface area contributed by atoms with E-state index in [0.717, 1.165) is 11.3 Å². The van der Waals surface area contributed by atoms with E-state index in [-0.39, 0.29) is 18.5 Å². The lowest BCUT2D eigenvalue weighted by Crippen LogP contribution is -2.05. The van der Waals surface area contributed by atoms with Gasteiger partial charge in [-0.25, -0.2) is 9.37 Å². The summed E-state index contributed by atoms with van der Waals surface area (Å²) in [7, 11) is 0. The van der Waals surface area contributed by atoms with E-state index in [2.05, 4.69) is 4.98 Å². The number of rotatable bonds is 3. The predicted octanol–water partition coefficient (Wildman–Crippen LogP) is 3.34. The lowest BCUT2D eigenvalue weighted by atomic mass is 9.99. The van der Waals surface area contributed by atoms with Crippen molar-refractivity contribution in [3.05, 3.63) is 42.1 Å². The van der Waals surface area contributed by atoms with E-state index in [1.807, 2.05) is 10.6 Å². The zero-order chi connectivity index (χ0) is 11.8. The minimum absolute atomic E-state index is 0.0222. The van der Waals surface area contributed by atoms with Crippen LogP contribution in [0.3, 0.4) is 0 Å². The number of alkyl halides is 1. The molecule has 17 heavy (non-hydrogen) atoms. The lowest BCUT2D eigenvalue weighted by Gasteiger charge is -2.13. The third-order valence-electron chi connectivity index (χ3n) is 3.27. The van der Waals surface area contributed by atoms with Crippen molar-refractivity contribution in [3.8, 4) is 11.3 Å². The van der Waals surface area contributed by atoms with Gasteiger partial charge in [0.2, 0.25) is 0 Å². The van der Waals surface area contributed by atoms with Crippen LogP contribution in [0.15, 0.2) is 30.7 Å². The normalized spacial score (nSPS) is 16.9. The van der Waals surface area contributed by atoms with Gasteiger partial charge in [-0.3, -0.25) is 4.39 Å². The molecular weight excluding hydrogens is 222 g/mol. The Hall–Kier alpha value is -1.71. The van der Waals surface area contributed by atoms with Gasteiger partial charge >= 0.3 is 0 Å². The van der Waals surface area contributed by atoms with E-state index in [1.165, 1.54) is 6.07 Å². The van der Waals surface area contributed by atoms with Crippen molar-refractivity contribution in [1.29, 1.82) is 0 Å². The molecule has 1 aromatic carbocycles. The van der Waals surface area contributed by atoms with Gasteiger partial charge in [0.05, 0.1) is 30.9 Å². The summed E-state index contributed by atoms with van der Waals surface area (Å²) in [6.07, 6.45) is 4.52. The zero-order valence-corrected chi connectivity index (χ0v) is 9.24. The van der Waals surface area contributed by atoms with E-state index >= 15 is 0 Å². The van der Waals surface area contributed by atoms with Gasteiger partial charge in [0.1, 0.15) is 5.82 Å². The molecule has 0 saturated carbocycles. The van der Waals surface area contributed by atoms with Gasteiger partial charge < -0.3 is 4.57 Å². The number of aromatic nitrogens is 2. The van der Waals surface area contributed by atoms with E-state index in [1.54, 1.807) is 18.6 Å². The summed E-state index contributed by atoms with van der Waals surface area (Å²) in [6.45, 7) is -0.342. The van der Waals surface area contributed by atoms with Crippen molar-refractivity contribution in [1.82, 2.24) is 9.55 Å². The first-order valence-corrected chi connectivity index (χ1v) is 5.69. The molecule has 1 atom stereocenters. The molecule has 0 spiro atoms. The third-order valence-corrected chi connectivity index (χ3v) is 3.27. The second-order valence-electron chi connectivity index (χ2n) is 4.24. The molecule has 1 aliphatic heterocycles. The zero-order valence-electron chi connectivity index (χ0n) is 9.24. The highest BCUT2D eigenvalue weighted by molar-refractivity contribution is 5.69. The number of halogens is 2. The highest BCUT2D eigenvalue weighted by Crippen LogP contribution is 2.42. The van der Waals surface area contributed by atoms with Crippen molar-refractivity contribution in [2.24, 2.45) is 0 Å². The molecule has 0 fully saturated rings. The Kier molecular flexibility index (Phi) is 2.42. The average Bonchev–Trinajstić information content (AvgIpc) is 2.87. The van der Waals surface area contributed by atoms with Crippen LogP contribution in [0.4, 0.5) is 8.78 Å². The van der Waals surface area contributed by atoms with E-state index in [4.69, 9.17) is 0 Å². The highest BCUT2D eigenvalue weighted by Gasteiger charge is 2.29. The number of imidazole rings is 1. The first-order chi connectivity index (χ1) is 8.33. The second-order valence-corrected chi connectivity index (χ2v) is 4.24. The summed E-state index contributed by atoms with van der Waals surface area (Å²) in [5.74, 6) is -0.230. The highest BCUT2D eigenvalue weighted by atomic mass is 19.1. The van der Waals surface area contributed by atoms with Crippen LogP contribution in [0.5, 0.6) is 0 Å². The minimum Gasteiger partial charge on any atom is -0.323 e. The van der Waals surface area contributed by atoms with Crippen LogP contribution in [0.2, 0.25) is 0 Å². The summed E-state index contributed by atoms with van der Waals surface area (Å²) in [5.41, 5.74) is 2.35. The first-order valence-electron chi connectivity index (χ1n) is 5.69. The SMILES string of the molecule is FCCCC1c2cccc(F)c2-c2cncn21. The molecule has 0 amide bonds. The molecule has 3 rings (SSSR count). The summed E-state index contributed by atoms with van der Waals surface area (Å²) in [6, 6.07) is 5.09. The van der Waals surface area contributed by atoms with Crippen LogP contribution >= 0.6 is 0 Å². The number of hydrogen-bond donors (Lipinski definition) is 0. The summed E-state index contributed by atoms with van der Waals surface area (Å²) < 4.78 is 28.1. The largest absolute Gasteiger partial charge is 0.323 e. The van der Waals surface area contributed by atoms with Crippen molar-refractivity contribution in [2.45, 2.75) is 18.9 Å². The number of nitrogens with zero attached hydrogens (tertiary/aromatic N) is 2. The molecule has 1 aromatic heterocycles. The van der Waals surface area contributed by atoms with Crippen molar-refractivity contribution in [2.75, 3.05) is 6.67 Å². The Labute approximate surface area is 97.9 Å². The number of hydrogen-bond acceptors (Lipinski definition) is 1. The van der Waals surface area contributed by atoms with Crippen molar-refractivity contribution >= 4 is 0 Å². The molecule has 2 nitrogen and oxygen atoms in total. The Bertz CT molecular complexity index is 548. The van der Waals surface area contributed by atoms with Gasteiger partial charge in [0.25, 0.3) is 0 Å². The fourth-order valence-corrected chi connectivity index (χ4v) is 2.55. The molecule has 2 heterocycles. The second kappa shape index (κ2) is 3.95. The quantitative estimate of drug-likeness (QED) is 0.796. The summed E-state index contributed by atoms with van der Waals surface area (Å²) in [4.78, 5) is 4.04. The summed E-state index contributed by atoms with van der Waals surface area (Å²) >= 11 is 0. The Morgan fingerprint density at radius 2 is 2.24 bits per heavy atom. The third kappa shape index (κ3) is 1.47. The molecule has 0 saturated heterocycles. The molecule has 0 N–H and O–H groups in total. The van der Waals surface area contributed by atoms with Crippen LogP contribution in [-0.4, -0.2) is 16.2 Å². The van der Waals surface area contributed by atoms with Crippen LogP contribution in [-0.2, 0) is 0 Å². The van der Waals surface area contributed by atoms with Gasteiger partial charge in [0, 0.05) is 5.56 Å². The van der Waals surface area contributed by atoms with E-state index < -0.39 is 0 Å². The van der Waals surface area contributed by atoms with Crippen molar-refractivity contribution < 1.29 is 8.78 Å². The minimum atomic E-state index is -0.342. The average molecular weight is 234 g/mol. The van der Waals surface area contributed by atoms with Gasteiger partial charge in [-0.1, -0.05) is 12.1 Å². The molecule has 1 aliphatic rings. The number of fused-ring (bicyclic) bond motifs is 3. The van der Waals surface area contributed by atoms with Gasteiger partial charge in [-0.15, -0.1) is 0 Å². The first kappa shape index (κ1) is 10.4. The Balaban J connectivity index is 2.12. The maximum absolute atomic E-state index is 13.8. The van der Waals surface area contributed by atoms with Gasteiger partial charge in [0.15, 0.2) is 0 Å². The van der Waals surface area contributed by atoms with Crippen LogP contribution in [0, 0.1) is 5.82 Å². The van der Waals surface area contributed by atoms with Gasteiger partial charge in [-0.2, -0.15) is 0 Å². The van der Waals surface area contributed by atoms with Crippen LogP contribution in [0.1, 0.15) is 24.4 Å². The molecular formula is C13H12F2N2. The van der Waals surface area contributed by atoms with Crippen LogP contribution < -0.4 is 0 Å². The Morgan fingerprint density at radius 1 is 1.35 bits per heavy atom. The van der Waals surface area contributed by atoms with E-state index in [0.29, 0.717) is 18.4 Å². The molecule has 0 radical (unpaired) electrons. The lowest BCUT2D eigenvalue weighted by molar-refractivity contribution is 0.429.